The van der Waals surface area contributed by atoms with Crippen LogP contribution in [0.4, 0.5) is 0 Å². The average molecular weight is 393 g/mol. The summed E-state index contributed by atoms with van der Waals surface area (Å²) < 4.78 is 0. The van der Waals surface area contributed by atoms with Gasteiger partial charge in [-0.25, -0.2) is 20.0 Å². The Morgan fingerprint density at radius 1 is 0.556 bits per heavy atom. The number of aliphatic imine (C=N–C) groups is 4. The van der Waals surface area contributed by atoms with E-state index in [0.717, 1.165) is 28.5 Å². The van der Waals surface area contributed by atoms with Crippen LogP contribution in [0.1, 0.15) is 0 Å². The number of fused-ring (bicyclic) bond motifs is 4. The van der Waals surface area contributed by atoms with Gasteiger partial charge in [0.15, 0.2) is 0 Å². The molecule has 0 aromatic rings. The summed E-state index contributed by atoms with van der Waals surface area (Å²) in [6, 6.07) is 0. The molecule has 0 aromatic heterocycles. The summed E-state index contributed by atoms with van der Waals surface area (Å²) in [7, 11) is 0. The van der Waals surface area contributed by atoms with Gasteiger partial charge in [0, 0.05) is 17.1 Å². The summed E-state index contributed by atoms with van der Waals surface area (Å²) in [6.07, 6.45) is 20.5. The van der Waals surface area contributed by atoms with Crippen LogP contribution >= 0.6 is 0 Å². The van der Waals surface area contributed by atoms with E-state index >= 15 is 0 Å². The third-order valence-electron chi connectivity index (χ3n) is 4.12. The van der Waals surface area contributed by atoms with E-state index in [1.807, 2.05) is 54.7 Å². The Kier molecular flexibility index (Phi) is 4.31. The Morgan fingerprint density at radius 3 is 1.56 bits per heavy atom. The van der Waals surface area contributed by atoms with Crippen molar-refractivity contribution < 1.29 is 17.1 Å². The molecule has 0 radical (unpaired) electrons. The van der Waals surface area contributed by atoms with Gasteiger partial charge in [-0.3, -0.25) is 0 Å². The second-order valence-electron chi connectivity index (χ2n) is 6.00. The molecule has 0 spiro atoms. The monoisotopic (exact) mass is 393 g/mol. The van der Waals surface area contributed by atoms with Gasteiger partial charge in [0.05, 0.1) is 45.6 Å². The van der Waals surface area contributed by atoms with Crippen molar-refractivity contribution in [3.05, 3.63) is 100 Å². The average Bonchev–Trinajstić information content (AvgIpc) is 3.39. The molecule has 8 bridgehead atoms. The van der Waals surface area contributed by atoms with Crippen molar-refractivity contribution >= 4 is 22.8 Å². The fourth-order valence-corrected chi connectivity index (χ4v) is 2.96. The van der Waals surface area contributed by atoms with Crippen LogP contribution in [0.5, 0.6) is 0 Å². The van der Waals surface area contributed by atoms with Gasteiger partial charge in [0.1, 0.15) is 5.70 Å². The Bertz CT molecular complexity index is 1130. The molecule has 0 saturated heterocycles. The fourth-order valence-electron chi connectivity index (χ4n) is 2.96. The quantitative estimate of drug-likeness (QED) is 0.495. The Labute approximate surface area is 165 Å². The maximum atomic E-state index is 11.1. The molecule has 0 atom stereocenters. The van der Waals surface area contributed by atoms with Crippen molar-refractivity contribution in [3.8, 4) is 0 Å². The molecule has 5 aliphatic heterocycles. The van der Waals surface area contributed by atoms with Crippen LogP contribution in [0.3, 0.4) is 0 Å². The summed E-state index contributed by atoms with van der Waals surface area (Å²) in [6.45, 7) is 0. The van der Waals surface area contributed by atoms with Gasteiger partial charge < -0.3 is 0 Å². The minimum atomic E-state index is 0. The van der Waals surface area contributed by atoms with Crippen LogP contribution in [0.2, 0.25) is 0 Å². The number of nitroso groups, excluding NO2 is 1. The van der Waals surface area contributed by atoms with Crippen molar-refractivity contribution in [2.24, 2.45) is 25.1 Å². The predicted octanol–water partition coefficient (Wildman–Crippen LogP) is 3.67. The van der Waals surface area contributed by atoms with E-state index in [0.29, 0.717) is 17.1 Å². The molecule has 7 heteroatoms. The molecular weight excluding hydrogens is 382 g/mol. The third kappa shape index (κ3) is 3.38. The molecule has 0 saturated carbocycles. The molecule has 0 amide bonds. The van der Waals surface area contributed by atoms with Gasteiger partial charge in [-0.2, -0.15) is 0 Å². The summed E-state index contributed by atoms with van der Waals surface area (Å²) >= 11 is 0. The van der Waals surface area contributed by atoms with Gasteiger partial charge in [0.2, 0.25) is 0 Å². The number of hydrogen-bond acceptors (Lipinski definition) is 6. The second-order valence-corrected chi connectivity index (χ2v) is 6.00. The minimum Gasteiger partial charge on any atom is -0.249 e. The fraction of sp³-hybridized carbons (Fsp3) is 0. The molecule has 6 nitrogen and oxygen atoms in total. The first-order chi connectivity index (χ1) is 12.7. The Morgan fingerprint density at radius 2 is 1.04 bits per heavy atom. The number of nitrogens with zero attached hydrogens (tertiary/aromatic N) is 5. The first-order valence-electron chi connectivity index (χ1n) is 8.06. The number of allylic oxidation sites excluding steroid dienone is 11. The van der Waals surface area contributed by atoms with Gasteiger partial charge in [-0.05, 0) is 72.0 Å². The largest absolute Gasteiger partial charge is 0.249 e. The summed E-state index contributed by atoms with van der Waals surface area (Å²) in [4.78, 5) is 29.2. The molecule has 0 N–H and O–H groups in total. The molecule has 0 unspecified atom stereocenters. The summed E-state index contributed by atoms with van der Waals surface area (Å²) in [5.74, 6) is 0. The minimum absolute atomic E-state index is 0. The van der Waals surface area contributed by atoms with E-state index in [4.69, 9.17) is 0 Å². The number of rotatable bonds is 1. The van der Waals surface area contributed by atoms with E-state index in [1.54, 1.807) is 12.2 Å². The molecule has 0 aromatic carbocycles. The second kappa shape index (κ2) is 6.79. The normalized spacial score (nSPS) is 21.3. The van der Waals surface area contributed by atoms with Crippen molar-refractivity contribution in [2.45, 2.75) is 0 Å². The third-order valence-corrected chi connectivity index (χ3v) is 4.12. The van der Waals surface area contributed by atoms with Gasteiger partial charge in [0.25, 0.3) is 0 Å². The van der Waals surface area contributed by atoms with Crippen molar-refractivity contribution in [1.29, 1.82) is 0 Å². The maximum Gasteiger partial charge on any atom is 0.135 e. The van der Waals surface area contributed by atoms with Crippen LogP contribution in [-0.2, 0) is 17.1 Å². The van der Waals surface area contributed by atoms with Crippen LogP contribution in [0.25, 0.3) is 0 Å². The van der Waals surface area contributed by atoms with Gasteiger partial charge in [-0.1, -0.05) is 0 Å². The van der Waals surface area contributed by atoms with E-state index < -0.39 is 0 Å². The van der Waals surface area contributed by atoms with Crippen LogP contribution in [0, 0.1) is 4.91 Å². The van der Waals surface area contributed by atoms with E-state index in [-0.39, 0.29) is 22.8 Å². The zero-order valence-corrected chi connectivity index (χ0v) is 15.0. The van der Waals surface area contributed by atoms with Crippen molar-refractivity contribution in [1.82, 2.24) is 0 Å². The molecule has 5 rings (SSSR count). The van der Waals surface area contributed by atoms with Gasteiger partial charge in [-0.15, -0.1) is 4.91 Å². The SMILES string of the molecule is O=NC1=CC2=CC3=NC(=CC4=NC(=CC5=NC(=CC1=N2)C=C5)C=C4)C=C3.[Fe]. The molecule has 0 fully saturated rings. The summed E-state index contributed by atoms with van der Waals surface area (Å²) in [5, 5.41) is 3.08. The molecule has 5 aliphatic rings. The zero-order valence-electron chi connectivity index (χ0n) is 13.8. The Balaban J connectivity index is 0.00000180. The van der Waals surface area contributed by atoms with E-state index in [1.165, 1.54) is 0 Å². The first kappa shape index (κ1) is 17.1. The maximum absolute atomic E-state index is 11.1. The molecular formula is C20H11FeN5O. The molecule has 0 aliphatic carbocycles. The first-order valence-corrected chi connectivity index (χ1v) is 8.06. The van der Waals surface area contributed by atoms with Crippen molar-refractivity contribution in [2.75, 3.05) is 0 Å². The molecule has 5 heterocycles. The van der Waals surface area contributed by atoms with E-state index in [2.05, 4.69) is 25.1 Å². The standard InChI is InChI=1S/C20H11N5O.Fe/c26-25-20-11-18-9-16-4-3-14(22-16)7-12-1-2-13(21-12)8-15-5-6-17(23-15)10-19(20)24-18;/h1-11H;. The molecule has 27 heavy (non-hydrogen) atoms. The van der Waals surface area contributed by atoms with E-state index in [9.17, 15) is 4.91 Å². The topological polar surface area (TPSA) is 78.9 Å². The zero-order chi connectivity index (χ0) is 17.5. The Hall–Kier alpha value is -3.28. The number of hydrogen-bond donors (Lipinski definition) is 0. The smallest absolute Gasteiger partial charge is 0.135 e. The van der Waals surface area contributed by atoms with Gasteiger partial charge >= 0.3 is 0 Å². The van der Waals surface area contributed by atoms with Crippen LogP contribution in [0.15, 0.2) is 120 Å². The van der Waals surface area contributed by atoms with Crippen LogP contribution in [-0.4, -0.2) is 22.8 Å². The molecule has 130 valence electrons. The van der Waals surface area contributed by atoms with Crippen molar-refractivity contribution in [3.63, 3.8) is 0 Å². The summed E-state index contributed by atoms with van der Waals surface area (Å²) in [5.41, 5.74) is 6.17. The van der Waals surface area contributed by atoms with Crippen LogP contribution < -0.4 is 0 Å². The predicted molar refractivity (Wildman–Crippen MR) is 103 cm³/mol.